The topological polar surface area (TPSA) is 37.3 Å². The van der Waals surface area contributed by atoms with Crippen molar-refractivity contribution in [2.75, 3.05) is 0 Å². The predicted octanol–water partition coefficient (Wildman–Crippen LogP) is 5.65. The van der Waals surface area contributed by atoms with E-state index in [1.165, 1.54) is 57.8 Å². The van der Waals surface area contributed by atoms with Gasteiger partial charge in [-0.25, -0.2) is 0 Å². The number of carboxylic acids is 1. The summed E-state index contributed by atoms with van der Waals surface area (Å²) in [5.41, 5.74) is 0. The van der Waals surface area contributed by atoms with E-state index >= 15 is 0 Å². The van der Waals surface area contributed by atoms with Crippen molar-refractivity contribution in [3.63, 3.8) is 0 Å². The molecule has 0 spiro atoms. The average Bonchev–Trinajstić information content (AvgIpc) is 2.35. The standard InChI is InChI=1S/C17H34O2/c1-4-10-15(2)11-8-6-5-7-9-12-16(3)13-14-17(18)19/h15-16H,4-14H2,1-3H3,(H,18,19). The second kappa shape index (κ2) is 12.5. The van der Waals surface area contributed by atoms with Crippen molar-refractivity contribution < 1.29 is 9.90 Å². The first-order chi connectivity index (χ1) is 9.06. The van der Waals surface area contributed by atoms with E-state index in [9.17, 15) is 4.79 Å². The Balaban J connectivity index is 3.24. The van der Waals surface area contributed by atoms with Gasteiger partial charge >= 0.3 is 5.97 Å². The fourth-order valence-electron chi connectivity index (χ4n) is 2.67. The van der Waals surface area contributed by atoms with Crippen molar-refractivity contribution in [1.29, 1.82) is 0 Å². The van der Waals surface area contributed by atoms with Crippen LogP contribution in [0.15, 0.2) is 0 Å². The zero-order valence-electron chi connectivity index (χ0n) is 13.3. The van der Waals surface area contributed by atoms with Gasteiger partial charge in [0.05, 0.1) is 0 Å². The fraction of sp³-hybridized carbons (Fsp3) is 0.941. The molecule has 0 aromatic heterocycles. The van der Waals surface area contributed by atoms with Crippen LogP contribution in [0, 0.1) is 11.8 Å². The van der Waals surface area contributed by atoms with Gasteiger partial charge in [-0.3, -0.25) is 4.79 Å². The van der Waals surface area contributed by atoms with Crippen LogP contribution in [-0.4, -0.2) is 11.1 Å². The molecule has 0 heterocycles. The van der Waals surface area contributed by atoms with Crippen LogP contribution in [0.3, 0.4) is 0 Å². The Morgan fingerprint density at radius 2 is 1.32 bits per heavy atom. The molecule has 0 fully saturated rings. The fourth-order valence-corrected chi connectivity index (χ4v) is 2.67. The molecule has 0 amide bonds. The maximum absolute atomic E-state index is 10.5. The molecule has 0 rings (SSSR count). The van der Waals surface area contributed by atoms with Crippen molar-refractivity contribution in [2.45, 2.75) is 91.4 Å². The molecular weight excluding hydrogens is 236 g/mol. The molecule has 19 heavy (non-hydrogen) atoms. The van der Waals surface area contributed by atoms with Gasteiger partial charge in [0.15, 0.2) is 0 Å². The van der Waals surface area contributed by atoms with Gasteiger partial charge in [0, 0.05) is 6.42 Å². The molecule has 0 aromatic rings. The number of carbonyl (C=O) groups is 1. The van der Waals surface area contributed by atoms with E-state index in [-0.39, 0.29) is 0 Å². The Kier molecular flexibility index (Phi) is 12.2. The smallest absolute Gasteiger partial charge is 0.303 e. The largest absolute Gasteiger partial charge is 0.481 e. The maximum Gasteiger partial charge on any atom is 0.303 e. The highest BCUT2D eigenvalue weighted by atomic mass is 16.4. The van der Waals surface area contributed by atoms with Crippen molar-refractivity contribution in [1.82, 2.24) is 0 Å². The molecule has 0 aliphatic carbocycles. The highest BCUT2D eigenvalue weighted by molar-refractivity contribution is 5.66. The summed E-state index contributed by atoms with van der Waals surface area (Å²) in [6.07, 6.45) is 13.1. The molecule has 0 saturated heterocycles. The van der Waals surface area contributed by atoms with Crippen LogP contribution in [0.1, 0.15) is 91.4 Å². The predicted molar refractivity (Wildman–Crippen MR) is 82.4 cm³/mol. The van der Waals surface area contributed by atoms with Gasteiger partial charge in [0.25, 0.3) is 0 Å². The number of carboxylic acid groups (broad SMARTS) is 1. The normalized spacial score (nSPS) is 14.3. The Hall–Kier alpha value is -0.530. The van der Waals surface area contributed by atoms with E-state index in [1.807, 2.05) is 0 Å². The molecule has 1 N–H and O–H groups in total. The number of hydrogen-bond acceptors (Lipinski definition) is 1. The minimum Gasteiger partial charge on any atom is -0.481 e. The van der Waals surface area contributed by atoms with Crippen LogP contribution in [0.25, 0.3) is 0 Å². The van der Waals surface area contributed by atoms with Crippen LogP contribution in [0.2, 0.25) is 0 Å². The molecule has 2 atom stereocenters. The molecule has 2 unspecified atom stereocenters. The lowest BCUT2D eigenvalue weighted by molar-refractivity contribution is -0.137. The van der Waals surface area contributed by atoms with Gasteiger partial charge in [0.1, 0.15) is 0 Å². The van der Waals surface area contributed by atoms with E-state index in [0.29, 0.717) is 12.3 Å². The van der Waals surface area contributed by atoms with E-state index in [4.69, 9.17) is 5.11 Å². The molecule has 2 nitrogen and oxygen atoms in total. The van der Waals surface area contributed by atoms with Gasteiger partial charge in [-0.05, 0) is 18.3 Å². The van der Waals surface area contributed by atoms with Gasteiger partial charge in [0.2, 0.25) is 0 Å². The highest BCUT2D eigenvalue weighted by Gasteiger charge is 2.05. The summed E-state index contributed by atoms with van der Waals surface area (Å²) < 4.78 is 0. The summed E-state index contributed by atoms with van der Waals surface area (Å²) in [6, 6.07) is 0. The van der Waals surface area contributed by atoms with Crippen molar-refractivity contribution in [2.24, 2.45) is 11.8 Å². The zero-order chi connectivity index (χ0) is 14.5. The van der Waals surface area contributed by atoms with Crippen LogP contribution in [0.5, 0.6) is 0 Å². The minimum absolute atomic E-state index is 0.330. The van der Waals surface area contributed by atoms with Gasteiger partial charge in [-0.2, -0.15) is 0 Å². The quantitative estimate of drug-likeness (QED) is 0.439. The summed E-state index contributed by atoms with van der Waals surface area (Å²) in [5, 5.41) is 8.61. The van der Waals surface area contributed by atoms with Crippen molar-refractivity contribution in [3.8, 4) is 0 Å². The number of aliphatic carboxylic acids is 1. The third-order valence-corrected chi connectivity index (χ3v) is 4.03. The monoisotopic (exact) mass is 270 g/mol. The third kappa shape index (κ3) is 13.7. The SMILES string of the molecule is CCCC(C)CCCCCCCC(C)CCC(=O)O. The molecule has 0 radical (unpaired) electrons. The Morgan fingerprint density at radius 1 is 0.842 bits per heavy atom. The molecule has 0 saturated carbocycles. The summed E-state index contributed by atoms with van der Waals surface area (Å²) in [5.74, 6) is 0.815. The molecule has 2 heteroatoms. The zero-order valence-corrected chi connectivity index (χ0v) is 13.3. The Morgan fingerprint density at radius 3 is 1.79 bits per heavy atom. The van der Waals surface area contributed by atoms with E-state index in [2.05, 4.69) is 20.8 Å². The molecule has 114 valence electrons. The number of hydrogen-bond donors (Lipinski definition) is 1. The molecule has 0 aliphatic rings. The first-order valence-corrected chi connectivity index (χ1v) is 8.28. The van der Waals surface area contributed by atoms with E-state index in [0.717, 1.165) is 12.3 Å². The maximum atomic E-state index is 10.5. The Bertz CT molecular complexity index is 213. The lowest BCUT2D eigenvalue weighted by Crippen LogP contribution is -2.01. The Labute approximate surface area is 120 Å². The second-order valence-electron chi connectivity index (χ2n) is 6.28. The summed E-state index contributed by atoms with van der Waals surface area (Å²) in [4.78, 5) is 10.5. The lowest BCUT2D eigenvalue weighted by atomic mass is 9.96. The summed E-state index contributed by atoms with van der Waals surface area (Å²) >= 11 is 0. The van der Waals surface area contributed by atoms with Gasteiger partial charge < -0.3 is 5.11 Å². The van der Waals surface area contributed by atoms with Gasteiger partial charge in [-0.1, -0.05) is 78.6 Å². The van der Waals surface area contributed by atoms with E-state index in [1.54, 1.807) is 0 Å². The second-order valence-corrected chi connectivity index (χ2v) is 6.28. The highest BCUT2D eigenvalue weighted by Crippen LogP contribution is 2.18. The first kappa shape index (κ1) is 18.5. The molecular formula is C17H34O2. The van der Waals surface area contributed by atoms with Crippen LogP contribution >= 0.6 is 0 Å². The van der Waals surface area contributed by atoms with E-state index < -0.39 is 5.97 Å². The lowest BCUT2D eigenvalue weighted by Gasteiger charge is -2.10. The van der Waals surface area contributed by atoms with Crippen LogP contribution < -0.4 is 0 Å². The number of rotatable bonds is 13. The minimum atomic E-state index is -0.659. The first-order valence-electron chi connectivity index (χ1n) is 8.28. The van der Waals surface area contributed by atoms with Crippen LogP contribution in [0.4, 0.5) is 0 Å². The third-order valence-electron chi connectivity index (χ3n) is 4.03. The van der Waals surface area contributed by atoms with Gasteiger partial charge in [-0.15, -0.1) is 0 Å². The number of unbranched alkanes of at least 4 members (excludes halogenated alkanes) is 4. The van der Waals surface area contributed by atoms with Crippen LogP contribution in [-0.2, 0) is 4.79 Å². The average molecular weight is 270 g/mol. The van der Waals surface area contributed by atoms with Crippen molar-refractivity contribution >= 4 is 5.97 Å². The van der Waals surface area contributed by atoms with Crippen molar-refractivity contribution in [3.05, 3.63) is 0 Å². The molecule has 0 aliphatic heterocycles. The summed E-state index contributed by atoms with van der Waals surface area (Å²) in [6.45, 7) is 6.81. The molecule has 0 aromatic carbocycles. The summed E-state index contributed by atoms with van der Waals surface area (Å²) in [7, 11) is 0. The molecule has 0 bridgehead atoms.